The van der Waals surface area contributed by atoms with Crippen LogP contribution in [0.3, 0.4) is 0 Å². The van der Waals surface area contributed by atoms with Gasteiger partial charge >= 0.3 is 0 Å². The molecule has 0 heterocycles. The van der Waals surface area contributed by atoms with Crippen molar-refractivity contribution in [1.82, 2.24) is 0 Å². The van der Waals surface area contributed by atoms with Crippen LogP contribution in [0.2, 0.25) is 0 Å². The van der Waals surface area contributed by atoms with E-state index in [4.69, 9.17) is 9.47 Å². The molecule has 0 unspecified atom stereocenters. The molecule has 0 aliphatic carbocycles. The van der Waals surface area contributed by atoms with E-state index in [1.54, 1.807) is 0 Å². The molecule has 0 amide bonds. The molecule has 2 nitrogen and oxygen atoms in total. The third kappa shape index (κ3) is 5.05. The molecule has 3 heteroatoms. The van der Waals surface area contributed by atoms with Crippen molar-refractivity contribution in [1.29, 1.82) is 0 Å². The highest BCUT2D eigenvalue weighted by molar-refractivity contribution is 9.10. The number of rotatable bonds is 7. The summed E-state index contributed by atoms with van der Waals surface area (Å²) >= 11 is 3.45. The van der Waals surface area contributed by atoms with Crippen LogP contribution in [-0.4, -0.2) is 13.2 Å². The monoisotopic (exact) mass is 320 g/mol. The van der Waals surface area contributed by atoms with E-state index >= 15 is 0 Å². The summed E-state index contributed by atoms with van der Waals surface area (Å²) in [7, 11) is 0. The van der Waals surface area contributed by atoms with E-state index in [-0.39, 0.29) is 0 Å². The molecule has 2 aromatic carbocycles. The number of halogens is 1. The second-order valence-electron chi connectivity index (χ2n) is 4.17. The zero-order chi connectivity index (χ0) is 13.3. The Morgan fingerprint density at radius 3 is 2.37 bits per heavy atom. The maximum atomic E-state index is 5.66. The van der Waals surface area contributed by atoms with Gasteiger partial charge in [0, 0.05) is 6.42 Å². The lowest BCUT2D eigenvalue weighted by atomic mass is 10.2. The summed E-state index contributed by atoms with van der Waals surface area (Å²) in [4.78, 5) is 0. The number of para-hydroxylation sites is 1. The lowest BCUT2D eigenvalue weighted by Crippen LogP contribution is -2.03. The molecule has 0 fully saturated rings. The topological polar surface area (TPSA) is 18.5 Å². The number of benzene rings is 2. The average molecular weight is 321 g/mol. The van der Waals surface area contributed by atoms with Gasteiger partial charge in [0.2, 0.25) is 0 Å². The predicted molar refractivity (Wildman–Crippen MR) is 80.4 cm³/mol. The number of ether oxygens (including phenoxy) is 2. The Morgan fingerprint density at radius 1 is 0.842 bits per heavy atom. The minimum absolute atomic E-state index is 0.663. The molecule has 100 valence electrons. The van der Waals surface area contributed by atoms with Crippen LogP contribution in [0.25, 0.3) is 0 Å². The zero-order valence-corrected chi connectivity index (χ0v) is 12.3. The largest absolute Gasteiger partial charge is 0.492 e. The van der Waals surface area contributed by atoms with Gasteiger partial charge in [-0.1, -0.05) is 42.5 Å². The van der Waals surface area contributed by atoms with Crippen molar-refractivity contribution in [2.45, 2.75) is 13.0 Å². The zero-order valence-electron chi connectivity index (χ0n) is 10.7. The first kappa shape index (κ1) is 14.1. The lowest BCUT2D eigenvalue weighted by Gasteiger charge is -2.08. The molecule has 0 atom stereocenters. The minimum Gasteiger partial charge on any atom is -0.492 e. The first-order valence-electron chi connectivity index (χ1n) is 6.35. The Hall–Kier alpha value is -1.32. The molecule has 0 radical (unpaired) electrons. The van der Waals surface area contributed by atoms with Gasteiger partial charge in [-0.25, -0.2) is 0 Å². The van der Waals surface area contributed by atoms with Crippen molar-refractivity contribution in [2.24, 2.45) is 0 Å². The standard InChI is InChI=1S/C16H17BrO2/c17-15-9-4-5-10-16(15)19-12-6-11-18-13-14-7-2-1-3-8-14/h1-5,7-10H,6,11-13H2. The summed E-state index contributed by atoms with van der Waals surface area (Å²) < 4.78 is 12.2. The van der Waals surface area contributed by atoms with Crippen LogP contribution in [0.1, 0.15) is 12.0 Å². The Balaban J connectivity index is 1.59. The summed E-state index contributed by atoms with van der Waals surface area (Å²) in [5, 5.41) is 0. The third-order valence-electron chi connectivity index (χ3n) is 2.64. The molecule has 0 bridgehead atoms. The van der Waals surface area contributed by atoms with Crippen molar-refractivity contribution in [3.8, 4) is 5.75 Å². The maximum Gasteiger partial charge on any atom is 0.133 e. The lowest BCUT2D eigenvalue weighted by molar-refractivity contribution is 0.107. The van der Waals surface area contributed by atoms with Crippen LogP contribution in [0.5, 0.6) is 5.75 Å². The van der Waals surface area contributed by atoms with E-state index in [0.29, 0.717) is 19.8 Å². The van der Waals surface area contributed by atoms with Crippen LogP contribution in [0.4, 0.5) is 0 Å². The summed E-state index contributed by atoms with van der Waals surface area (Å²) in [6.07, 6.45) is 0.883. The first-order chi connectivity index (χ1) is 9.36. The van der Waals surface area contributed by atoms with E-state index in [0.717, 1.165) is 16.6 Å². The van der Waals surface area contributed by atoms with Crippen molar-refractivity contribution < 1.29 is 9.47 Å². The van der Waals surface area contributed by atoms with E-state index in [1.165, 1.54) is 5.56 Å². The van der Waals surface area contributed by atoms with Gasteiger partial charge < -0.3 is 9.47 Å². The van der Waals surface area contributed by atoms with Crippen LogP contribution < -0.4 is 4.74 Å². The molecule has 0 saturated carbocycles. The fourth-order valence-electron chi connectivity index (χ4n) is 1.67. The number of hydrogen-bond donors (Lipinski definition) is 0. The van der Waals surface area contributed by atoms with E-state index in [1.807, 2.05) is 42.5 Å². The summed E-state index contributed by atoms with van der Waals surface area (Å²) in [6.45, 7) is 2.03. The highest BCUT2D eigenvalue weighted by atomic mass is 79.9. The van der Waals surface area contributed by atoms with Crippen molar-refractivity contribution in [2.75, 3.05) is 13.2 Å². The first-order valence-corrected chi connectivity index (χ1v) is 7.14. The normalized spacial score (nSPS) is 10.4. The van der Waals surface area contributed by atoms with Crippen LogP contribution in [-0.2, 0) is 11.3 Å². The Kier molecular flexibility index (Phi) is 5.92. The second kappa shape index (κ2) is 7.97. The molecule has 0 saturated heterocycles. The Bertz CT molecular complexity index is 485. The van der Waals surface area contributed by atoms with Crippen molar-refractivity contribution >= 4 is 15.9 Å². The van der Waals surface area contributed by atoms with E-state index in [9.17, 15) is 0 Å². The molecule has 0 aromatic heterocycles. The maximum absolute atomic E-state index is 5.66. The molecular weight excluding hydrogens is 304 g/mol. The van der Waals surface area contributed by atoms with Gasteiger partial charge in [0.25, 0.3) is 0 Å². The molecule has 0 N–H and O–H groups in total. The molecule has 19 heavy (non-hydrogen) atoms. The van der Waals surface area contributed by atoms with Crippen LogP contribution >= 0.6 is 15.9 Å². The molecular formula is C16H17BrO2. The fraction of sp³-hybridized carbons (Fsp3) is 0.250. The SMILES string of the molecule is Brc1ccccc1OCCCOCc1ccccc1. The highest BCUT2D eigenvalue weighted by Gasteiger charge is 1.98. The van der Waals surface area contributed by atoms with Gasteiger partial charge in [0.15, 0.2) is 0 Å². The molecule has 2 aromatic rings. The van der Waals surface area contributed by atoms with Gasteiger partial charge in [-0.05, 0) is 33.6 Å². The number of hydrogen-bond acceptors (Lipinski definition) is 2. The summed E-state index contributed by atoms with van der Waals surface area (Å²) in [5.41, 5.74) is 1.20. The van der Waals surface area contributed by atoms with Crippen molar-refractivity contribution in [3.63, 3.8) is 0 Å². The molecule has 0 aliphatic heterocycles. The van der Waals surface area contributed by atoms with E-state index in [2.05, 4.69) is 28.1 Å². The van der Waals surface area contributed by atoms with Gasteiger partial charge in [0.05, 0.1) is 24.3 Å². The van der Waals surface area contributed by atoms with Gasteiger partial charge in [-0.15, -0.1) is 0 Å². The summed E-state index contributed by atoms with van der Waals surface area (Å²) in [5.74, 6) is 0.880. The van der Waals surface area contributed by atoms with Crippen LogP contribution in [0, 0.1) is 0 Å². The molecule has 2 rings (SSSR count). The minimum atomic E-state index is 0.663. The van der Waals surface area contributed by atoms with Crippen LogP contribution in [0.15, 0.2) is 59.1 Å². The van der Waals surface area contributed by atoms with Crippen molar-refractivity contribution in [3.05, 3.63) is 64.6 Å². The molecule has 0 spiro atoms. The Labute approximate surface area is 122 Å². The van der Waals surface area contributed by atoms with Gasteiger partial charge in [0.1, 0.15) is 5.75 Å². The Morgan fingerprint density at radius 2 is 1.58 bits per heavy atom. The van der Waals surface area contributed by atoms with Gasteiger partial charge in [-0.2, -0.15) is 0 Å². The smallest absolute Gasteiger partial charge is 0.133 e. The summed E-state index contributed by atoms with van der Waals surface area (Å²) in [6, 6.07) is 18.1. The highest BCUT2D eigenvalue weighted by Crippen LogP contribution is 2.23. The second-order valence-corrected chi connectivity index (χ2v) is 5.02. The molecule has 0 aliphatic rings. The fourth-order valence-corrected chi connectivity index (χ4v) is 2.07. The predicted octanol–water partition coefficient (Wildman–Crippen LogP) is 4.43. The average Bonchev–Trinajstić information content (AvgIpc) is 2.45. The quantitative estimate of drug-likeness (QED) is 0.702. The van der Waals surface area contributed by atoms with E-state index < -0.39 is 0 Å². The van der Waals surface area contributed by atoms with Gasteiger partial charge in [-0.3, -0.25) is 0 Å². The third-order valence-corrected chi connectivity index (χ3v) is 3.29.